The molecule has 3 N–H and O–H groups in total. The highest BCUT2D eigenvalue weighted by Crippen LogP contribution is 2.67. The van der Waals surface area contributed by atoms with E-state index in [1.54, 1.807) is 20.8 Å². The first-order valence-corrected chi connectivity index (χ1v) is 8.11. The maximum atomic E-state index is 12.4. The van der Waals surface area contributed by atoms with Gasteiger partial charge in [0.1, 0.15) is 11.3 Å². The molecule has 1 aromatic heterocycles. The molecule has 0 aliphatic heterocycles. The molecule has 24 heavy (non-hydrogen) atoms. The van der Waals surface area contributed by atoms with E-state index in [9.17, 15) is 14.4 Å². The van der Waals surface area contributed by atoms with Crippen molar-refractivity contribution in [1.29, 1.82) is 0 Å². The zero-order chi connectivity index (χ0) is 17.8. The van der Waals surface area contributed by atoms with Gasteiger partial charge in [-0.15, -0.1) is 0 Å². The number of alkyl carbamates (subject to hydrolysis) is 1. The van der Waals surface area contributed by atoms with Crippen LogP contribution in [0.1, 0.15) is 40.0 Å². The number of carbonyl (C=O) groups excluding carboxylic acids is 2. The van der Waals surface area contributed by atoms with Gasteiger partial charge in [-0.3, -0.25) is 9.59 Å². The lowest BCUT2D eigenvalue weighted by Gasteiger charge is -2.68. The number of aromatic amines is 1. The van der Waals surface area contributed by atoms with Gasteiger partial charge in [-0.25, -0.2) is 4.79 Å². The number of pyridine rings is 1. The number of hydrogen-bond acceptors (Lipinski definition) is 4. The summed E-state index contributed by atoms with van der Waals surface area (Å²) in [7, 11) is 0. The summed E-state index contributed by atoms with van der Waals surface area (Å²) in [5, 5.41) is 5.82. The van der Waals surface area contributed by atoms with Crippen molar-refractivity contribution in [3.05, 3.63) is 27.6 Å². The molecule has 2 bridgehead atoms. The first kappa shape index (κ1) is 16.8. The topological polar surface area (TPSA) is 100 Å². The smallest absolute Gasteiger partial charge is 0.408 e. The third-order valence-corrected chi connectivity index (χ3v) is 4.61. The normalized spacial score (nSPS) is 27.5. The molecule has 3 aliphatic rings. The van der Waals surface area contributed by atoms with Gasteiger partial charge >= 0.3 is 6.09 Å². The molecule has 8 heteroatoms. The van der Waals surface area contributed by atoms with Crippen molar-refractivity contribution in [1.82, 2.24) is 10.3 Å². The first-order valence-electron chi connectivity index (χ1n) is 7.74. The molecule has 0 atom stereocenters. The summed E-state index contributed by atoms with van der Waals surface area (Å²) in [6.07, 6.45) is 2.53. The molecule has 0 radical (unpaired) electrons. The van der Waals surface area contributed by atoms with Crippen LogP contribution < -0.4 is 16.2 Å². The number of H-pyrrole nitrogens is 1. The molecular formula is C16H20ClN3O4. The Balaban J connectivity index is 1.57. The summed E-state index contributed by atoms with van der Waals surface area (Å²) in [4.78, 5) is 38.4. The van der Waals surface area contributed by atoms with Crippen molar-refractivity contribution in [2.75, 3.05) is 5.32 Å². The summed E-state index contributed by atoms with van der Waals surface area (Å²) in [5.41, 5.74) is -1.71. The van der Waals surface area contributed by atoms with Gasteiger partial charge in [0, 0.05) is 11.7 Å². The van der Waals surface area contributed by atoms with E-state index in [1.165, 1.54) is 12.3 Å². The Bertz CT molecular complexity index is 746. The fourth-order valence-corrected chi connectivity index (χ4v) is 3.65. The average molecular weight is 354 g/mol. The van der Waals surface area contributed by atoms with Crippen LogP contribution in [0.5, 0.6) is 0 Å². The molecule has 3 fully saturated rings. The maximum Gasteiger partial charge on any atom is 0.408 e. The fraction of sp³-hybridized carbons (Fsp3) is 0.562. The van der Waals surface area contributed by atoms with Crippen LogP contribution in [0.2, 0.25) is 5.02 Å². The molecule has 1 heterocycles. The van der Waals surface area contributed by atoms with E-state index < -0.39 is 22.7 Å². The summed E-state index contributed by atoms with van der Waals surface area (Å²) < 4.78 is 5.24. The van der Waals surface area contributed by atoms with Gasteiger partial charge in [-0.05, 0) is 46.1 Å². The van der Waals surface area contributed by atoms with Gasteiger partial charge in [-0.2, -0.15) is 0 Å². The van der Waals surface area contributed by atoms with Crippen molar-refractivity contribution >= 4 is 29.3 Å². The number of rotatable bonds is 3. The van der Waals surface area contributed by atoms with Gasteiger partial charge in [0.05, 0.1) is 10.4 Å². The molecule has 0 aromatic carbocycles. The van der Waals surface area contributed by atoms with Gasteiger partial charge in [0.15, 0.2) is 0 Å². The molecule has 0 saturated heterocycles. The third-order valence-electron chi connectivity index (χ3n) is 4.39. The van der Waals surface area contributed by atoms with Crippen LogP contribution in [0.15, 0.2) is 17.1 Å². The minimum atomic E-state index is -0.559. The summed E-state index contributed by atoms with van der Waals surface area (Å²) >= 11 is 5.82. The zero-order valence-electron chi connectivity index (χ0n) is 13.8. The van der Waals surface area contributed by atoms with Crippen LogP contribution in [-0.2, 0) is 9.53 Å². The van der Waals surface area contributed by atoms with Crippen molar-refractivity contribution < 1.29 is 14.3 Å². The Kier molecular flexibility index (Phi) is 3.67. The lowest BCUT2D eigenvalue weighted by molar-refractivity contribution is -0.174. The van der Waals surface area contributed by atoms with Gasteiger partial charge in [0.2, 0.25) is 5.91 Å². The van der Waals surface area contributed by atoms with Crippen LogP contribution in [-0.4, -0.2) is 28.1 Å². The van der Waals surface area contributed by atoms with Gasteiger partial charge in [-0.1, -0.05) is 11.6 Å². The van der Waals surface area contributed by atoms with Crippen LogP contribution in [0.25, 0.3) is 0 Å². The Morgan fingerprint density at radius 3 is 2.50 bits per heavy atom. The third kappa shape index (κ3) is 3.00. The number of anilines is 1. The Morgan fingerprint density at radius 1 is 1.29 bits per heavy atom. The van der Waals surface area contributed by atoms with Crippen molar-refractivity contribution in [3.63, 3.8) is 0 Å². The van der Waals surface area contributed by atoms with Crippen molar-refractivity contribution in [2.45, 2.75) is 51.2 Å². The van der Waals surface area contributed by atoms with E-state index in [2.05, 4.69) is 15.6 Å². The fourth-order valence-electron chi connectivity index (χ4n) is 3.49. The van der Waals surface area contributed by atoms with E-state index in [-0.39, 0.29) is 17.1 Å². The van der Waals surface area contributed by atoms with Crippen LogP contribution in [0, 0.1) is 5.41 Å². The summed E-state index contributed by atoms with van der Waals surface area (Å²) in [6, 6.07) is 1.42. The highest BCUT2D eigenvalue weighted by molar-refractivity contribution is 6.30. The second-order valence-electron chi connectivity index (χ2n) is 7.73. The zero-order valence-corrected chi connectivity index (χ0v) is 14.5. The number of halogens is 1. The molecule has 2 amide bonds. The van der Waals surface area contributed by atoms with E-state index in [0.29, 0.717) is 24.3 Å². The van der Waals surface area contributed by atoms with Crippen molar-refractivity contribution in [3.8, 4) is 0 Å². The number of amides is 2. The number of ether oxygens (including phenoxy) is 1. The molecular weight excluding hydrogens is 334 g/mol. The monoisotopic (exact) mass is 353 g/mol. The minimum absolute atomic E-state index is 0.131. The Morgan fingerprint density at radius 2 is 1.92 bits per heavy atom. The second kappa shape index (κ2) is 5.24. The predicted octanol–water partition coefficient (Wildman–Crippen LogP) is 2.41. The molecule has 130 valence electrons. The van der Waals surface area contributed by atoms with E-state index in [4.69, 9.17) is 16.3 Å². The predicted molar refractivity (Wildman–Crippen MR) is 89.1 cm³/mol. The molecule has 0 unspecified atom stereocenters. The Hall–Kier alpha value is -2.02. The van der Waals surface area contributed by atoms with E-state index >= 15 is 0 Å². The number of hydrogen-bond donors (Lipinski definition) is 3. The van der Waals surface area contributed by atoms with E-state index in [0.717, 1.165) is 0 Å². The second-order valence-corrected chi connectivity index (χ2v) is 8.17. The lowest BCUT2D eigenvalue weighted by atomic mass is 9.39. The number of aromatic nitrogens is 1. The highest BCUT2D eigenvalue weighted by Gasteiger charge is 2.72. The van der Waals surface area contributed by atoms with Crippen LogP contribution >= 0.6 is 11.6 Å². The number of carbonyl (C=O) groups is 2. The molecule has 7 nitrogen and oxygen atoms in total. The standard InChI is InChI=1S/C16H20ClN3O4/c1-14(2,3)24-13(23)20-16-6-15(7-16,8-16)12(22)19-10-4-9(17)5-18-11(10)21/h4-5H,6-8H2,1-3H3,(H,18,21)(H,19,22)(H,20,23). The average Bonchev–Trinajstić information content (AvgIpc) is 2.34. The quantitative estimate of drug-likeness (QED) is 0.776. The Labute approximate surface area is 144 Å². The van der Waals surface area contributed by atoms with Gasteiger partial charge < -0.3 is 20.4 Å². The molecule has 3 saturated carbocycles. The van der Waals surface area contributed by atoms with Gasteiger partial charge in [0.25, 0.3) is 5.56 Å². The highest BCUT2D eigenvalue weighted by atomic mass is 35.5. The van der Waals surface area contributed by atoms with E-state index in [1.807, 2.05) is 0 Å². The number of nitrogens with one attached hydrogen (secondary N) is 3. The SMILES string of the molecule is CC(C)(C)OC(=O)NC12CC(C(=O)Nc3cc(Cl)c[nH]c3=O)(C1)C2. The molecule has 1 aromatic rings. The summed E-state index contributed by atoms with van der Waals surface area (Å²) in [6.45, 7) is 5.39. The minimum Gasteiger partial charge on any atom is -0.444 e. The molecule has 0 spiro atoms. The van der Waals surface area contributed by atoms with Crippen LogP contribution in [0.4, 0.5) is 10.5 Å². The largest absolute Gasteiger partial charge is 0.444 e. The molecule has 3 aliphatic carbocycles. The molecule has 4 rings (SSSR count). The summed E-state index contributed by atoms with van der Waals surface area (Å²) in [5.74, 6) is -0.219. The van der Waals surface area contributed by atoms with Crippen LogP contribution in [0.3, 0.4) is 0 Å². The van der Waals surface area contributed by atoms with Crippen molar-refractivity contribution in [2.24, 2.45) is 5.41 Å². The maximum absolute atomic E-state index is 12.4. The first-order chi connectivity index (χ1) is 11.0. The lowest BCUT2D eigenvalue weighted by Crippen LogP contribution is -2.77.